The number of aliphatic hydroxyl groups is 1. The van der Waals surface area contributed by atoms with E-state index in [0.29, 0.717) is 33.8 Å². The topological polar surface area (TPSA) is 73.1 Å². The fourth-order valence-corrected chi connectivity index (χ4v) is 4.89. The molecule has 2 atom stereocenters. The Morgan fingerprint density at radius 3 is 2.61 bits per heavy atom. The van der Waals surface area contributed by atoms with Crippen LogP contribution in [0.5, 0.6) is 5.75 Å². The third-order valence-corrected chi connectivity index (χ3v) is 7.21. The lowest BCUT2D eigenvalue weighted by atomic mass is 9.89. The van der Waals surface area contributed by atoms with Gasteiger partial charge in [-0.05, 0) is 24.6 Å². The monoisotopic (exact) mass is 516 g/mol. The molecule has 1 aliphatic rings. The molecule has 0 aliphatic carbocycles. The van der Waals surface area contributed by atoms with E-state index in [1.54, 1.807) is 29.1 Å². The van der Waals surface area contributed by atoms with Crippen molar-refractivity contribution in [1.29, 1.82) is 0 Å². The molecule has 1 unspecified atom stereocenters. The Balaban J connectivity index is 1.65. The van der Waals surface area contributed by atoms with E-state index in [0.717, 1.165) is 6.42 Å². The Kier molecular flexibility index (Phi) is 6.16. The summed E-state index contributed by atoms with van der Waals surface area (Å²) in [4.78, 5) is 13.4. The molecule has 36 heavy (non-hydrogen) atoms. The number of nitrogens with zero attached hydrogens (tertiary/aromatic N) is 4. The first-order valence-electron chi connectivity index (χ1n) is 11.6. The van der Waals surface area contributed by atoms with Gasteiger partial charge in [0.1, 0.15) is 29.3 Å². The molecule has 4 aromatic rings. The number of aromatic nitrogens is 4. The maximum absolute atomic E-state index is 15.2. The van der Waals surface area contributed by atoms with Gasteiger partial charge in [-0.3, -0.25) is 0 Å². The number of aliphatic hydroxyl groups excluding tert-OH is 1. The molecule has 1 N–H and O–H groups in total. The van der Waals surface area contributed by atoms with Crippen molar-refractivity contribution in [3.05, 3.63) is 70.8 Å². The normalized spacial score (nSPS) is 17.7. The van der Waals surface area contributed by atoms with Crippen LogP contribution < -0.4 is 4.74 Å². The van der Waals surface area contributed by atoms with Gasteiger partial charge in [-0.2, -0.15) is 8.78 Å². The lowest BCUT2D eigenvalue weighted by molar-refractivity contribution is -0.0507. The van der Waals surface area contributed by atoms with Crippen molar-refractivity contribution >= 4 is 22.6 Å². The van der Waals surface area contributed by atoms with Crippen molar-refractivity contribution in [3.8, 4) is 16.9 Å². The molecule has 0 saturated carbocycles. The van der Waals surface area contributed by atoms with Crippen LogP contribution in [0.15, 0.2) is 42.7 Å². The van der Waals surface area contributed by atoms with E-state index >= 15 is 4.39 Å². The second-order valence-corrected chi connectivity index (χ2v) is 9.90. The van der Waals surface area contributed by atoms with Crippen LogP contribution in [0.3, 0.4) is 0 Å². The van der Waals surface area contributed by atoms with Gasteiger partial charge in [0, 0.05) is 52.0 Å². The molecule has 3 heterocycles. The van der Waals surface area contributed by atoms with Gasteiger partial charge in [-0.15, -0.1) is 0 Å². The molecule has 0 spiro atoms. The van der Waals surface area contributed by atoms with Crippen molar-refractivity contribution in [2.75, 3.05) is 0 Å². The van der Waals surface area contributed by atoms with Crippen LogP contribution in [0.2, 0.25) is 5.02 Å². The summed E-state index contributed by atoms with van der Waals surface area (Å²) in [6.07, 6.45) is 3.17. The number of hydrogen-bond acceptors (Lipinski definition) is 5. The number of hydrogen-bond donors (Lipinski definition) is 1. The van der Waals surface area contributed by atoms with Gasteiger partial charge in [-0.25, -0.2) is 19.3 Å². The summed E-state index contributed by atoms with van der Waals surface area (Å²) >= 11 is 6.42. The van der Waals surface area contributed by atoms with E-state index in [2.05, 4.69) is 15.0 Å². The zero-order chi connectivity index (χ0) is 25.8. The molecule has 0 bridgehead atoms. The molecule has 10 heteroatoms. The summed E-state index contributed by atoms with van der Waals surface area (Å²) in [5, 5.41) is 10.9. The predicted octanol–water partition coefficient (Wildman–Crippen LogP) is 6.60. The number of alkyl halides is 2. The van der Waals surface area contributed by atoms with Crippen LogP contribution in [-0.2, 0) is 5.41 Å². The largest absolute Gasteiger partial charge is 0.434 e. The van der Waals surface area contributed by atoms with Crippen LogP contribution in [0.4, 0.5) is 13.2 Å². The van der Waals surface area contributed by atoms with Gasteiger partial charge in [-0.1, -0.05) is 38.4 Å². The number of fused-ring (bicyclic) bond motifs is 3. The van der Waals surface area contributed by atoms with Crippen molar-refractivity contribution < 1.29 is 23.0 Å². The number of benzene rings is 2. The molecule has 0 radical (unpaired) electrons. The maximum atomic E-state index is 15.2. The molecule has 0 saturated heterocycles. The molecule has 6 nitrogen and oxygen atoms in total. The Morgan fingerprint density at radius 1 is 1.22 bits per heavy atom. The van der Waals surface area contributed by atoms with E-state index in [1.807, 2.05) is 20.8 Å². The number of ether oxygens (including phenoxy) is 1. The minimum absolute atomic E-state index is 0.0886. The quantitative estimate of drug-likeness (QED) is 0.312. The first kappa shape index (κ1) is 24.5. The van der Waals surface area contributed by atoms with Crippen molar-refractivity contribution in [2.45, 2.75) is 57.8 Å². The fourth-order valence-electron chi connectivity index (χ4n) is 4.60. The van der Waals surface area contributed by atoms with Gasteiger partial charge >= 0.3 is 6.61 Å². The second-order valence-electron chi connectivity index (χ2n) is 9.49. The summed E-state index contributed by atoms with van der Waals surface area (Å²) in [6, 6.07) is 6.73. The minimum Gasteiger partial charge on any atom is -0.434 e. The van der Waals surface area contributed by atoms with Crippen LogP contribution in [0.25, 0.3) is 22.2 Å². The summed E-state index contributed by atoms with van der Waals surface area (Å²) in [6.45, 7) is 3.08. The summed E-state index contributed by atoms with van der Waals surface area (Å²) < 4.78 is 47.8. The average molecular weight is 517 g/mol. The second kappa shape index (κ2) is 9.05. The minimum atomic E-state index is -3.05. The molecular weight excluding hydrogens is 493 g/mol. The predicted molar refractivity (Wildman–Crippen MR) is 130 cm³/mol. The van der Waals surface area contributed by atoms with Crippen molar-refractivity contribution in [1.82, 2.24) is 19.5 Å². The van der Waals surface area contributed by atoms with Crippen LogP contribution in [0.1, 0.15) is 63.0 Å². The molecule has 0 fully saturated rings. The third kappa shape index (κ3) is 4.10. The Labute approximate surface area is 210 Å². The molecular formula is C26H24ClF3N4O2. The van der Waals surface area contributed by atoms with Crippen LogP contribution >= 0.6 is 11.6 Å². The lowest BCUT2D eigenvalue weighted by Crippen LogP contribution is -2.19. The molecule has 2 aromatic heterocycles. The summed E-state index contributed by atoms with van der Waals surface area (Å²) in [5.41, 5.74) is 1.66. The van der Waals surface area contributed by atoms with E-state index in [4.69, 9.17) is 16.3 Å². The lowest BCUT2D eigenvalue weighted by Gasteiger charge is -2.21. The highest BCUT2D eigenvalue weighted by Gasteiger charge is 2.37. The number of halogens is 4. The smallest absolute Gasteiger partial charge is 0.387 e. The fraction of sp³-hybridized carbons (Fsp3) is 0.346. The Hall–Kier alpha value is -3.17. The van der Waals surface area contributed by atoms with E-state index < -0.39 is 24.6 Å². The molecule has 0 amide bonds. The van der Waals surface area contributed by atoms with Gasteiger partial charge in [0.15, 0.2) is 0 Å². The first-order chi connectivity index (χ1) is 17.1. The van der Waals surface area contributed by atoms with E-state index in [-0.39, 0.29) is 28.2 Å². The van der Waals surface area contributed by atoms with E-state index in [9.17, 15) is 13.9 Å². The van der Waals surface area contributed by atoms with Gasteiger partial charge in [0.05, 0.1) is 17.1 Å². The van der Waals surface area contributed by atoms with E-state index in [1.165, 1.54) is 18.2 Å². The highest BCUT2D eigenvalue weighted by atomic mass is 35.5. The van der Waals surface area contributed by atoms with Crippen molar-refractivity contribution in [2.24, 2.45) is 0 Å². The van der Waals surface area contributed by atoms with Crippen molar-refractivity contribution in [3.63, 3.8) is 0 Å². The van der Waals surface area contributed by atoms with Gasteiger partial charge < -0.3 is 14.4 Å². The van der Waals surface area contributed by atoms with Crippen LogP contribution in [0, 0.1) is 5.82 Å². The average Bonchev–Trinajstić information content (AvgIpc) is 3.35. The zero-order valence-electron chi connectivity index (χ0n) is 19.8. The number of rotatable bonds is 6. The van der Waals surface area contributed by atoms with Crippen LogP contribution in [-0.4, -0.2) is 31.2 Å². The molecule has 2 aromatic carbocycles. The highest BCUT2D eigenvalue weighted by Crippen LogP contribution is 2.47. The highest BCUT2D eigenvalue weighted by molar-refractivity contribution is 6.31. The van der Waals surface area contributed by atoms with Gasteiger partial charge in [0.25, 0.3) is 0 Å². The molecule has 1 aliphatic heterocycles. The third-order valence-electron chi connectivity index (χ3n) is 6.88. The Bertz CT molecular complexity index is 1440. The molecule has 5 rings (SSSR count). The zero-order valence-corrected chi connectivity index (χ0v) is 20.6. The maximum Gasteiger partial charge on any atom is 0.387 e. The number of imidazole rings is 1. The van der Waals surface area contributed by atoms with Gasteiger partial charge in [0.2, 0.25) is 0 Å². The summed E-state index contributed by atoms with van der Waals surface area (Å²) in [5.74, 6) is 0.352. The Morgan fingerprint density at radius 2 is 1.94 bits per heavy atom. The SMILES string of the molecule is CCC(C)(C)c1ncc(-c2cc3c(cc2F)nc2n3[C@@H](c3c(Cl)cccc3OC(F)F)CC2O)cn1. The summed E-state index contributed by atoms with van der Waals surface area (Å²) in [7, 11) is 0. The molecule has 188 valence electrons. The first-order valence-corrected chi connectivity index (χ1v) is 11.9. The standard InChI is InChI=1S/C26H24ClF3N4O2/c1-4-26(2,3)24-31-11-13(12-32-24)14-8-18-17(9-16(14)28)33-23-20(35)10-19(34(18)23)22-15(27)6-5-7-21(22)36-25(29)30/h5-9,11-12,19-20,25,35H,4,10H2,1-3H3/t19-,20?/m1/s1.